The van der Waals surface area contributed by atoms with Crippen LogP contribution in [0.1, 0.15) is 11.1 Å². The predicted molar refractivity (Wildman–Crippen MR) is 93.0 cm³/mol. The Morgan fingerprint density at radius 3 is 2.83 bits per heavy atom. The van der Waals surface area contributed by atoms with Gasteiger partial charge in [-0.25, -0.2) is 4.68 Å². The van der Waals surface area contributed by atoms with Crippen molar-refractivity contribution in [1.29, 1.82) is 0 Å². The molecule has 0 saturated carbocycles. The van der Waals surface area contributed by atoms with Crippen molar-refractivity contribution >= 4 is 11.6 Å². The van der Waals surface area contributed by atoms with Crippen LogP contribution in [0.4, 0.5) is 5.69 Å². The van der Waals surface area contributed by atoms with E-state index in [9.17, 15) is 4.79 Å². The van der Waals surface area contributed by atoms with Crippen LogP contribution >= 0.6 is 0 Å². The maximum absolute atomic E-state index is 12.6. The Kier molecular flexibility index (Phi) is 3.84. The normalized spacial score (nSPS) is 16.4. The van der Waals surface area contributed by atoms with E-state index in [0.717, 1.165) is 17.9 Å². The van der Waals surface area contributed by atoms with Crippen LogP contribution in [0.5, 0.6) is 0 Å². The van der Waals surface area contributed by atoms with Gasteiger partial charge in [-0.05, 0) is 41.8 Å². The van der Waals surface area contributed by atoms with Gasteiger partial charge < -0.3 is 10.6 Å². The van der Waals surface area contributed by atoms with Crippen molar-refractivity contribution in [3.8, 4) is 5.69 Å². The van der Waals surface area contributed by atoms with Crippen molar-refractivity contribution in [2.75, 3.05) is 5.32 Å². The summed E-state index contributed by atoms with van der Waals surface area (Å²) < 4.78 is 1.77. The summed E-state index contributed by atoms with van der Waals surface area (Å²) in [6.07, 6.45) is 4.32. The van der Waals surface area contributed by atoms with E-state index in [1.807, 2.05) is 48.7 Å². The second-order valence-electron chi connectivity index (χ2n) is 5.90. The van der Waals surface area contributed by atoms with Crippen molar-refractivity contribution in [3.05, 3.63) is 78.1 Å². The Hall–Kier alpha value is -2.92. The number of aromatic nitrogens is 2. The maximum atomic E-state index is 12.6. The van der Waals surface area contributed by atoms with Crippen molar-refractivity contribution in [2.24, 2.45) is 0 Å². The van der Waals surface area contributed by atoms with Gasteiger partial charge in [-0.1, -0.05) is 30.3 Å². The first-order chi connectivity index (χ1) is 11.8. The summed E-state index contributed by atoms with van der Waals surface area (Å²) in [5.41, 5.74) is 4.19. The van der Waals surface area contributed by atoms with Gasteiger partial charge in [-0.15, -0.1) is 0 Å². The molecule has 0 saturated heterocycles. The molecular formula is C19H18N4O. The number of benzene rings is 2. The Morgan fingerprint density at radius 2 is 2.00 bits per heavy atom. The Morgan fingerprint density at radius 1 is 1.12 bits per heavy atom. The summed E-state index contributed by atoms with van der Waals surface area (Å²) in [7, 11) is 0. The van der Waals surface area contributed by atoms with Gasteiger partial charge in [0, 0.05) is 24.6 Å². The molecule has 24 heavy (non-hydrogen) atoms. The lowest BCUT2D eigenvalue weighted by Gasteiger charge is -2.25. The summed E-state index contributed by atoms with van der Waals surface area (Å²) in [6, 6.07) is 17.6. The van der Waals surface area contributed by atoms with Crippen LogP contribution in [0.15, 0.2) is 67.0 Å². The molecule has 3 aromatic rings. The monoisotopic (exact) mass is 318 g/mol. The molecule has 1 atom stereocenters. The number of amides is 1. The minimum Gasteiger partial charge on any atom is -0.325 e. The summed E-state index contributed by atoms with van der Waals surface area (Å²) >= 11 is 0. The van der Waals surface area contributed by atoms with Gasteiger partial charge in [0.25, 0.3) is 0 Å². The first-order valence-electron chi connectivity index (χ1n) is 8.01. The molecule has 120 valence electrons. The lowest BCUT2D eigenvalue weighted by molar-refractivity contribution is -0.118. The van der Waals surface area contributed by atoms with Crippen molar-refractivity contribution in [1.82, 2.24) is 15.1 Å². The zero-order valence-corrected chi connectivity index (χ0v) is 13.1. The molecule has 2 heterocycles. The van der Waals surface area contributed by atoms with E-state index >= 15 is 0 Å². The fourth-order valence-electron chi connectivity index (χ4n) is 3.02. The number of carbonyl (C=O) groups excluding carboxylic acids is 1. The second-order valence-corrected chi connectivity index (χ2v) is 5.90. The lowest BCUT2D eigenvalue weighted by Crippen LogP contribution is -2.44. The van der Waals surface area contributed by atoms with E-state index in [0.29, 0.717) is 6.42 Å². The molecule has 2 N–H and O–H groups in total. The highest BCUT2D eigenvalue weighted by atomic mass is 16.2. The number of hydrogen-bond donors (Lipinski definition) is 2. The highest BCUT2D eigenvalue weighted by molar-refractivity contribution is 5.95. The SMILES string of the molecule is O=C(Nc1cccc(-n2cccn2)c1)C1Cc2ccccc2CN1. The number of nitrogens with zero attached hydrogens (tertiary/aromatic N) is 2. The van der Waals surface area contributed by atoms with Crippen molar-refractivity contribution < 1.29 is 4.79 Å². The van der Waals surface area contributed by atoms with E-state index in [2.05, 4.69) is 27.9 Å². The highest BCUT2D eigenvalue weighted by Gasteiger charge is 2.23. The molecule has 1 aliphatic heterocycles. The molecule has 0 aliphatic carbocycles. The molecule has 4 rings (SSSR count). The molecule has 5 heteroatoms. The first kappa shape index (κ1) is 14.7. The molecule has 2 aromatic carbocycles. The number of fused-ring (bicyclic) bond motifs is 1. The number of hydrogen-bond acceptors (Lipinski definition) is 3. The Bertz CT molecular complexity index is 857. The molecule has 0 bridgehead atoms. The predicted octanol–water partition coefficient (Wildman–Crippen LogP) is 2.53. The van der Waals surface area contributed by atoms with Crippen molar-refractivity contribution in [3.63, 3.8) is 0 Å². The van der Waals surface area contributed by atoms with Gasteiger partial charge in [0.15, 0.2) is 0 Å². The van der Waals surface area contributed by atoms with E-state index < -0.39 is 0 Å². The van der Waals surface area contributed by atoms with Crippen LogP contribution in [-0.4, -0.2) is 21.7 Å². The smallest absolute Gasteiger partial charge is 0.241 e. The van der Waals surface area contributed by atoms with E-state index in [1.165, 1.54) is 11.1 Å². The largest absolute Gasteiger partial charge is 0.325 e. The Balaban J connectivity index is 1.48. The molecule has 1 unspecified atom stereocenters. The average molecular weight is 318 g/mol. The fraction of sp³-hybridized carbons (Fsp3) is 0.158. The van der Waals surface area contributed by atoms with E-state index in [-0.39, 0.29) is 11.9 Å². The van der Waals surface area contributed by atoms with E-state index in [1.54, 1.807) is 10.9 Å². The standard InChI is InChI=1S/C19H18N4O/c24-19(18-11-14-5-1-2-6-15(14)13-20-18)22-16-7-3-8-17(12-16)23-10-4-9-21-23/h1-10,12,18,20H,11,13H2,(H,22,24). The topological polar surface area (TPSA) is 59.0 Å². The van der Waals surface area contributed by atoms with Gasteiger partial charge in [-0.3, -0.25) is 4.79 Å². The maximum Gasteiger partial charge on any atom is 0.241 e. The van der Waals surface area contributed by atoms with Crippen molar-refractivity contribution in [2.45, 2.75) is 19.0 Å². The van der Waals surface area contributed by atoms with Crippen LogP contribution in [0.2, 0.25) is 0 Å². The third-order valence-electron chi connectivity index (χ3n) is 4.28. The van der Waals surface area contributed by atoms with Gasteiger partial charge in [-0.2, -0.15) is 5.10 Å². The van der Waals surface area contributed by atoms with Crippen LogP contribution in [0.25, 0.3) is 5.69 Å². The average Bonchev–Trinajstić information content (AvgIpc) is 3.16. The zero-order chi connectivity index (χ0) is 16.4. The molecule has 0 fully saturated rings. The number of anilines is 1. The second kappa shape index (κ2) is 6.29. The molecule has 5 nitrogen and oxygen atoms in total. The number of nitrogens with one attached hydrogen (secondary N) is 2. The summed E-state index contributed by atoms with van der Waals surface area (Å²) in [4.78, 5) is 12.6. The third kappa shape index (κ3) is 2.94. The molecule has 1 aromatic heterocycles. The first-order valence-corrected chi connectivity index (χ1v) is 8.01. The molecule has 0 radical (unpaired) electrons. The summed E-state index contributed by atoms with van der Waals surface area (Å²) in [6.45, 7) is 0.724. The quantitative estimate of drug-likeness (QED) is 0.780. The van der Waals surface area contributed by atoms with Crippen LogP contribution in [-0.2, 0) is 17.8 Å². The molecule has 1 aliphatic rings. The minimum atomic E-state index is -0.215. The van der Waals surface area contributed by atoms with Crippen LogP contribution in [0.3, 0.4) is 0 Å². The molecular weight excluding hydrogens is 300 g/mol. The summed E-state index contributed by atoms with van der Waals surface area (Å²) in [5, 5.41) is 10.5. The molecule has 0 spiro atoms. The van der Waals surface area contributed by atoms with E-state index in [4.69, 9.17) is 0 Å². The highest BCUT2D eigenvalue weighted by Crippen LogP contribution is 2.18. The fourth-order valence-corrected chi connectivity index (χ4v) is 3.02. The molecule has 1 amide bonds. The minimum absolute atomic E-state index is 0.0119. The third-order valence-corrected chi connectivity index (χ3v) is 4.28. The van der Waals surface area contributed by atoms with Crippen LogP contribution in [0, 0.1) is 0 Å². The van der Waals surface area contributed by atoms with Gasteiger partial charge in [0.2, 0.25) is 5.91 Å². The lowest BCUT2D eigenvalue weighted by atomic mass is 9.95. The van der Waals surface area contributed by atoms with Crippen LogP contribution < -0.4 is 10.6 Å². The van der Waals surface area contributed by atoms with Gasteiger partial charge >= 0.3 is 0 Å². The number of carbonyl (C=O) groups is 1. The van der Waals surface area contributed by atoms with Gasteiger partial charge in [0.05, 0.1) is 11.7 Å². The summed E-state index contributed by atoms with van der Waals surface area (Å²) in [5.74, 6) is -0.0119. The number of rotatable bonds is 3. The zero-order valence-electron chi connectivity index (χ0n) is 13.1. The van der Waals surface area contributed by atoms with Gasteiger partial charge in [0.1, 0.15) is 0 Å². The Labute approximate surface area is 140 Å².